The molecule has 0 spiro atoms. The summed E-state index contributed by atoms with van der Waals surface area (Å²) in [4.78, 5) is 10.2. The standard InChI is InChI=1S/C5H7FO5/c1-3(6)4(7)11-2-5(8,9)10/h8-10H,1-2H2. The van der Waals surface area contributed by atoms with Crippen LogP contribution in [-0.2, 0) is 9.53 Å². The molecule has 3 N–H and O–H groups in total. The Morgan fingerprint density at radius 3 is 2.27 bits per heavy atom. The molecule has 0 aromatic rings. The van der Waals surface area contributed by atoms with Crippen molar-refractivity contribution in [2.75, 3.05) is 6.61 Å². The fourth-order valence-corrected chi connectivity index (χ4v) is 0.241. The van der Waals surface area contributed by atoms with Crippen molar-refractivity contribution in [2.24, 2.45) is 0 Å². The van der Waals surface area contributed by atoms with E-state index in [1.54, 1.807) is 0 Å². The molecule has 0 saturated heterocycles. The molecular weight excluding hydrogens is 159 g/mol. The first-order valence-corrected chi connectivity index (χ1v) is 2.51. The van der Waals surface area contributed by atoms with E-state index >= 15 is 0 Å². The smallest absolute Gasteiger partial charge is 0.366 e. The third-order valence-electron chi connectivity index (χ3n) is 0.618. The summed E-state index contributed by atoms with van der Waals surface area (Å²) in [5.74, 6) is -5.97. The summed E-state index contributed by atoms with van der Waals surface area (Å²) in [5, 5.41) is 24.4. The second-order valence-electron chi connectivity index (χ2n) is 1.76. The van der Waals surface area contributed by atoms with Crippen LogP contribution in [-0.4, -0.2) is 33.9 Å². The summed E-state index contributed by atoms with van der Waals surface area (Å²) in [6, 6.07) is 0. The summed E-state index contributed by atoms with van der Waals surface area (Å²) >= 11 is 0. The minimum Gasteiger partial charge on any atom is -0.452 e. The van der Waals surface area contributed by atoms with Crippen molar-refractivity contribution in [1.29, 1.82) is 0 Å². The maximum Gasteiger partial charge on any atom is 0.366 e. The molecule has 6 heteroatoms. The lowest BCUT2D eigenvalue weighted by molar-refractivity contribution is -0.327. The van der Waals surface area contributed by atoms with Crippen LogP contribution in [0.1, 0.15) is 0 Å². The van der Waals surface area contributed by atoms with Gasteiger partial charge in [0, 0.05) is 0 Å². The summed E-state index contributed by atoms with van der Waals surface area (Å²) in [6.45, 7) is 1.44. The van der Waals surface area contributed by atoms with Crippen molar-refractivity contribution in [3.8, 4) is 0 Å². The van der Waals surface area contributed by atoms with Gasteiger partial charge in [-0.05, 0) is 0 Å². The van der Waals surface area contributed by atoms with Crippen molar-refractivity contribution in [3.05, 3.63) is 12.4 Å². The van der Waals surface area contributed by atoms with Crippen LogP contribution >= 0.6 is 0 Å². The molecule has 0 unspecified atom stereocenters. The van der Waals surface area contributed by atoms with Crippen molar-refractivity contribution in [2.45, 2.75) is 5.97 Å². The van der Waals surface area contributed by atoms with Crippen LogP contribution < -0.4 is 0 Å². The van der Waals surface area contributed by atoms with Gasteiger partial charge in [-0.25, -0.2) is 4.79 Å². The Hall–Kier alpha value is -0.980. The summed E-state index contributed by atoms with van der Waals surface area (Å²) in [7, 11) is 0. The lowest BCUT2D eigenvalue weighted by Gasteiger charge is -2.12. The Balaban J connectivity index is 3.73. The molecule has 0 amide bonds. The molecule has 0 aliphatic rings. The first-order valence-electron chi connectivity index (χ1n) is 2.51. The number of rotatable bonds is 3. The Bertz CT molecular complexity index is 170. The number of halogens is 1. The van der Waals surface area contributed by atoms with Crippen LogP contribution in [0.2, 0.25) is 0 Å². The van der Waals surface area contributed by atoms with Crippen molar-refractivity contribution >= 4 is 5.97 Å². The van der Waals surface area contributed by atoms with E-state index in [1.807, 2.05) is 0 Å². The molecule has 5 nitrogen and oxygen atoms in total. The summed E-state index contributed by atoms with van der Waals surface area (Å²) in [6.07, 6.45) is 0. The molecule has 64 valence electrons. The first kappa shape index (κ1) is 10.0. The van der Waals surface area contributed by atoms with Gasteiger partial charge in [-0.15, -0.1) is 0 Å². The van der Waals surface area contributed by atoms with E-state index in [-0.39, 0.29) is 0 Å². The highest BCUT2D eigenvalue weighted by molar-refractivity contribution is 5.85. The van der Waals surface area contributed by atoms with E-state index in [0.717, 1.165) is 0 Å². The van der Waals surface area contributed by atoms with Crippen LogP contribution in [0.25, 0.3) is 0 Å². The van der Waals surface area contributed by atoms with E-state index in [2.05, 4.69) is 11.3 Å². The highest BCUT2D eigenvalue weighted by atomic mass is 19.1. The number of ether oxygens (including phenoxy) is 1. The number of hydrogen-bond acceptors (Lipinski definition) is 5. The van der Waals surface area contributed by atoms with E-state index in [9.17, 15) is 9.18 Å². The van der Waals surface area contributed by atoms with Gasteiger partial charge in [-0.1, -0.05) is 6.58 Å². The third-order valence-corrected chi connectivity index (χ3v) is 0.618. The Morgan fingerprint density at radius 1 is 1.55 bits per heavy atom. The van der Waals surface area contributed by atoms with Crippen LogP contribution in [0.5, 0.6) is 0 Å². The summed E-state index contributed by atoms with van der Waals surface area (Å²) < 4.78 is 15.6. The average Bonchev–Trinajstić information content (AvgIpc) is 1.80. The summed E-state index contributed by atoms with van der Waals surface area (Å²) in [5.41, 5.74) is 0. The molecule has 0 fully saturated rings. The van der Waals surface area contributed by atoms with Gasteiger partial charge >= 0.3 is 11.9 Å². The van der Waals surface area contributed by atoms with Crippen molar-refractivity contribution in [3.63, 3.8) is 0 Å². The van der Waals surface area contributed by atoms with E-state index in [1.165, 1.54) is 0 Å². The van der Waals surface area contributed by atoms with Gasteiger partial charge in [0.25, 0.3) is 0 Å². The van der Waals surface area contributed by atoms with Gasteiger partial charge in [0.1, 0.15) is 0 Å². The van der Waals surface area contributed by atoms with Crippen molar-refractivity contribution < 1.29 is 29.2 Å². The average molecular weight is 166 g/mol. The Kier molecular flexibility index (Phi) is 3.12. The van der Waals surface area contributed by atoms with Crippen LogP contribution in [0.15, 0.2) is 12.4 Å². The van der Waals surface area contributed by atoms with E-state index in [4.69, 9.17) is 15.3 Å². The molecule has 0 saturated carbocycles. The quantitative estimate of drug-likeness (QED) is 0.274. The third kappa shape index (κ3) is 5.46. The maximum absolute atomic E-state index is 11.8. The molecular formula is C5H7FO5. The molecule has 0 aliphatic carbocycles. The molecule has 0 rings (SSSR count). The second kappa shape index (κ2) is 3.42. The van der Waals surface area contributed by atoms with Gasteiger partial charge in [-0.3, -0.25) is 0 Å². The highest BCUT2D eigenvalue weighted by Gasteiger charge is 2.21. The fourth-order valence-electron chi connectivity index (χ4n) is 0.241. The van der Waals surface area contributed by atoms with Gasteiger partial charge < -0.3 is 20.1 Å². The molecule has 0 heterocycles. The minimum atomic E-state index is -3.13. The molecule has 0 radical (unpaired) electrons. The SMILES string of the molecule is C=C(F)C(=O)OCC(O)(O)O. The zero-order chi connectivity index (χ0) is 9.07. The highest BCUT2D eigenvalue weighted by Crippen LogP contribution is 1.99. The molecule has 0 aromatic heterocycles. The van der Waals surface area contributed by atoms with E-state index in [0.29, 0.717) is 0 Å². The van der Waals surface area contributed by atoms with Crippen LogP contribution in [0, 0.1) is 0 Å². The van der Waals surface area contributed by atoms with Gasteiger partial charge in [0.2, 0.25) is 5.83 Å². The molecule has 0 aromatic carbocycles. The Labute approximate surface area is 61.3 Å². The number of esters is 1. The predicted octanol–water partition coefficient (Wildman–Crippen LogP) is -1.36. The normalized spacial score (nSPS) is 10.9. The van der Waals surface area contributed by atoms with Gasteiger partial charge in [0.15, 0.2) is 6.61 Å². The minimum absolute atomic E-state index is 1.13. The zero-order valence-electron chi connectivity index (χ0n) is 5.45. The first-order chi connectivity index (χ1) is 4.83. The Morgan fingerprint density at radius 2 is 2.00 bits per heavy atom. The van der Waals surface area contributed by atoms with E-state index < -0.39 is 24.4 Å². The van der Waals surface area contributed by atoms with Crippen LogP contribution in [0.3, 0.4) is 0 Å². The molecule has 0 aliphatic heterocycles. The number of hydrogen-bond donors (Lipinski definition) is 3. The zero-order valence-corrected chi connectivity index (χ0v) is 5.45. The predicted molar refractivity (Wildman–Crippen MR) is 30.6 cm³/mol. The largest absolute Gasteiger partial charge is 0.452 e. The number of carbonyl (C=O) groups is 1. The van der Waals surface area contributed by atoms with Crippen molar-refractivity contribution in [1.82, 2.24) is 0 Å². The molecule has 0 atom stereocenters. The molecule has 11 heavy (non-hydrogen) atoms. The lowest BCUT2D eigenvalue weighted by atomic mass is 10.6. The van der Waals surface area contributed by atoms with Gasteiger partial charge in [-0.2, -0.15) is 4.39 Å². The van der Waals surface area contributed by atoms with Gasteiger partial charge in [0.05, 0.1) is 0 Å². The maximum atomic E-state index is 11.8. The molecule has 0 bridgehead atoms. The number of aliphatic hydroxyl groups is 3. The topological polar surface area (TPSA) is 87.0 Å². The lowest BCUT2D eigenvalue weighted by Crippen LogP contribution is -2.34. The second-order valence-corrected chi connectivity index (χ2v) is 1.76. The number of carbonyl (C=O) groups excluding carboxylic acids is 1. The fraction of sp³-hybridized carbons (Fsp3) is 0.400. The monoisotopic (exact) mass is 166 g/mol. The van der Waals surface area contributed by atoms with Crippen LogP contribution in [0.4, 0.5) is 4.39 Å².